The van der Waals surface area contributed by atoms with Crippen LogP contribution in [0.3, 0.4) is 0 Å². The van der Waals surface area contributed by atoms with E-state index < -0.39 is 5.82 Å². The third-order valence-corrected chi connectivity index (χ3v) is 4.57. The van der Waals surface area contributed by atoms with Gasteiger partial charge in [-0.25, -0.2) is 9.07 Å². The molecule has 0 bridgehead atoms. The number of aromatic nitrogens is 3. The van der Waals surface area contributed by atoms with E-state index in [2.05, 4.69) is 15.4 Å². The third-order valence-electron chi connectivity index (χ3n) is 4.57. The van der Waals surface area contributed by atoms with Gasteiger partial charge in [-0.3, -0.25) is 9.78 Å². The predicted molar refractivity (Wildman–Crippen MR) is 121 cm³/mol. The van der Waals surface area contributed by atoms with Gasteiger partial charge in [-0.15, -0.1) is 0 Å². The third kappa shape index (κ3) is 5.46. The van der Waals surface area contributed by atoms with Gasteiger partial charge in [-0.05, 0) is 48.4 Å². The summed E-state index contributed by atoms with van der Waals surface area (Å²) in [5.41, 5.74) is 2.40. The van der Waals surface area contributed by atoms with Crippen LogP contribution in [-0.4, -0.2) is 20.7 Å². The van der Waals surface area contributed by atoms with E-state index in [0.29, 0.717) is 23.7 Å². The molecule has 0 atom stereocenters. The van der Waals surface area contributed by atoms with Crippen molar-refractivity contribution in [3.05, 3.63) is 108 Å². The molecule has 0 aliphatic carbocycles. The van der Waals surface area contributed by atoms with Crippen LogP contribution in [0.5, 0.6) is 11.5 Å². The summed E-state index contributed by atoms with van der Waals surface area (Å²) in [6.07, 6.45) is 6.00. The molecule has 2 aromatic heterocycles. The van der Waals surface area contributed by atoms with Crippen LogP contribution in [0.4, 0.5) is 10.2 Å². The molecule has 160 valence electrons. The Morgan fingerprint density at radius 2 is 1.97 bits per heavy atom. The molecular formula is C25H21FN4O2. The van der Waals surface area contributed by atoms with Crippen LogP contribution in [0.2, 0.25) is 0 Å². The standard InChI is InChI=1S/C25H21FN4O2/c1-18-14-24(30(29-18)17-20-6-3-2-4-7-20)28-25(31)12-10-19-9-11-23(22(26)15-19)32-21-8-5-13-27-16-21/h2-16H,17H2,1H3,(H,28,31)/b12-10+. The molecule has 7 heteroatoms. The summed E-state index contributed by atoms with van der Waals surface area (Å²) in [6, 6.07) is 19.5. The predicted octanol–water partition coefficient (Wildman–Crippen LogP) is 5.22. The monoisotopic (exact) mass is 428 g/mol. The van der Waals surface area contributed by atoms with Crippen molar-refractivity contribution < 1.29 is 13.9 Å². The summed E-state index contributed by atoms with van der Waals surface area (Å²) in [5.74, 6) is 0.243. The second-order valence-electron chi connectivity index (χ2n) is 7.12. The molecule has 4 rings (SSSR count). The Bertz CT molecular complexity index is 1240. The van der Waals surface area contributed by atoms with E-state index in [4.69, 9.17) is 4.74 Å². The molecule has 0 aliphatic heterocycles. The highest BCUT2D eigenvalue weighted by Gasteiger charge is 2.09. The minimum atomic E-state index is -0.534. The van der Waals surface area contributed by atoms with Crippen LogP contribution in [0.15, 0.2) is 85.2 Å². The lowest BCUT2D eigenvalue weighted by atomic mass is 10.2. The number of hydrogen-bond donors (Lipinski definition) is 1. The maximum absolute atomic E-state index is 14.4. The Kier molecular flexibility index (Phi) is 6.36. The van der Waals surface area contributed by atoms with E-state index in [1.165, 1.54) is 30.5 Å². The summed E-state index contributed by atoms with van der Waals surface area (Å²) < 4.78 is 21.6. The van der Waals surface area contributed by atoms with Gasteiger partial charge in [0.05, 0.1) is 18.4 Å². The fraction of sp³-hybridized carbons (Fsp3) is 0.0800. The van der Waals surface area contributed by atoms with Crippen LogP contribution in [-0.2, 0) is 11.3 Å². The van der Waals surface area contributed by atoms with Crippen LogP contribution < -0.4 is 10.1 Å². The highest BCUT2D eigenvalue weighted by molar-refractivity contribution is 6.01. The summed E-state index contributed by atoms with van der Waals surface area (Å²) in [5, 5.41) is 7.27. The van der Waals surface area contributed by atoms with Gasteiger partial charge in [0.1, 0.15) is 11.6 Å². The van der Waals surface area contributed by atoms with Crippen molar-refractivity contribution in [2.75, 3.05) is 5.32 Å². The van der Waals surface area contributed by atoms with E-state index in [1.807, 2.05) is 37.3 Å². The summed E-state index contributed by atoms with van der Waals surface area (Å²) >= 11 is 0. The zero-order valence-corrected chi connectivity index (χ0v) is 17.4. The summed E-state index contributed by atoms with van der Waals surface area (Å²) in [4.78, 5) is 16.4. The van der Waals surface area contributed by atoms with Gasteiger partial charge in [0.15, 0.2) is 11.6 Å². The van der Waals surface area contributed by atoms with E-state index in [1.54, 1.807) is 35.1 Å². The van der Waals surface area contributed by atoms with Crippen molar-refractivity contribution in [1.29, 1.82) is 0 Å². The van der Waals surface area contributed by atoms with Crippen molar-refractivity contribution in [1.82, 2.24) is 14.8 Å². The second-order valence-corrected chi connectivity index (χ2v) is 7.12. The molecule has 4 aromatic rings. The van der Waals surface area contributed by atoms with Crippen molar-refractivity contribution >= 4 is 17.8 Å². The lowest BCUT2D eigenvalue weighted by Crippen LogP contribution is -2.13. The number of hydrogen-bond acceptors (Lipinski definition) is 4. The summed E-state index contributed by atoms with van der Waals surface area (Å²) in [7, 11) is 0. The number of benzene rings is 2. The zero-order chi connectivity index (χ0) is 22.3. The quantitative estimate of drug-likeness (QED) is 0.410. The molecule has 1 N–H and O–H groups in total. The molecule has 32 heavy (non-hydrogen) atoms. The Morgan fingerprint density at radius 3 is 2.72 bits per heavy atom. The lowest BCUT2D eigenvalue weighted by molar-refractivity contribution is -0.111. The number of nitrogens with one attached hydrogen (secondary N) is 1. The van der Waals surface area contributed by atoms with E-state index in [0.717, 1.165) is 11.3 Å². The SMILES string of the molecule is Cc1cc(NC(=O)/C=C/c2ccc(Oc3cccnc3)c(F)c2)n(Cc2ccccc2)n1. The maximum Gasteiger partial charge on any atom is 0.249 e. The smallest absolute Gasteiger partial charge is 0.249 e. The van der Waals surface area contributed by atoms with Gasteiger partial charge in [0, 0.05) is 18.3 Å². The largest absolute Gasteiger partial charge is 0.453 e. The molecule has 0 unspecified atom stereocenters. The Morgan fingerprint density at radius 1 is 1.12 bits per heavy atom. The Balaban J connectivity index is 1.41. The van der Waals surface area contributed by atoms with Crippen molar-refractivity contribution in [2.45, 2.75) is 13.5 Å². The highest BCUT2D eigenvalue weighted by atomic mass is 19.1. The average molecular weight is 428 g/mol. The minimum Gasteiger partial charge on any atom is -0.453 e. The molecule has 1 amide bonds. The van der Waals surface area contributed by atoms with Crippen LogP contribution in [0, 0.1) is 12.7 Å². The van der Waals surface area contributed by atoms with Gasteiger partial charge in [0.2, 0.25) is 5.91 Å². The molecule has 0 fully saturated rings. The number of rotatable bonds is 7. The van der Waals surface area contributed by atoms with E-state index in [-0.39, 0.29) is 11.7 Å². The number of nitrogens with zero attached hydrogens (tertiary/aromatic N) is 3. The maximum atomic E-state index is 14.4. The molecule has 0 saturated heterocycles. The first kappa shape index (κ1) is 21.0. The van der Waals surface area contributed by atoms with E-state index >= 15 is 0 Å². The average Bonchev–Trinajstić information content (AvgIpc) is 3.13. The van der Waals surface area contributed by atoms with Gasteiger partial charge in [-0.1, -0.05) is 36.4 Å². The molecular weight excluding hydrogens is 407 g/mol. The van der Waals surface area contributed by atoms with Crippen molar-refractivity contribution in [3.8, 4) is 11.5 Å². The van der Waals surface area contributed by atoms with Gasteiger partial charge < -0.3 is 10.1 Å². The van der Waals surface area contributed by atoms with Crippen molar-refractivity contribution in [3.63, 3.8) is 0 Å². The molecule has 0 radical (unpaired) electrons. The molecule has 0 saturated carbocycles. The fourth-order valence-electron chi connectivity index (χ4n) is 3.10. The topological polar surface area (TPSA) is 69.0 Å². The number of amides is 1. The second kappa shape index (κ2) is 9.70. The molecule has 0 spiro atoms. The number of carbonyl (C=O) groups is 1. The highest BCUT2D eigenvalue weighted by Crippen LogP contribution is 2.25. The number of aryl methyl sites for hydroxylation is 1. The number of anilines is 1. The zero-order valence-electron chi connectivity index (χ0n) is 17.4. The molecule has 6 nitrogen and oxygen atoms in total. The first-order valence-electron chi connectivity index (χ1n) is 10.0. The van der Waals surface area contributed by atoms with Crippen LogP contribution in [0.1, 0.15) is 16.8 Å². The van der Waals surface area contributed by atoms with E-state index in [9.17, 15) is 9.18 Å². The lowest BCUT2D eigenvalue weighted by Gasteiger charge is -2.08. The van der Waals surface area contributed by atoms with Crippen molar-refractivity contribution in [2.24, 2.45) is 0 Å². The molecule has 2 aromatic carbocycles. The first-order valence-corrected chi connectivity index (χ1v) is 10.0. The Labute approximate surface area is 185 Å². The van der Waals surface area contributed by atoms with Crippen LogP contribution >= 0.6 is 0 Å². The Hall–Kier alpha value is -4.26. The molecule has 0 aliphatic rings. The summed E-state index contributed by atoms with van der Waals surface area (Å²) in [6.45, 7) is 2.41. The number of carbonyl (C=O) groups excluding carboxylic acids is 1. The number of pyridine rings is 1. The van der Waals surface area contributed by atoms with Gasteiger partial charge >= 0.3 is 0 Å². The number of halogens is 1. The normalized spacial score (nSPS) is 10.9. The van der Waals surface area contributed by atoms with Gasteiger partial charge in [0.25, 0.3) is 0 Å². The fourth-order valence-corrected chi connectivity index (χ4v) is 3.10. The molecule has 2 heterocycles. The number of ether oxygens (including phenoxy) is 1. The minimum absolute atomic E-state index is 0.0832. The first-order chi connectivity index (χ1) is 15.6. The van der Waals surface area contributed by atoms with Crippen LogP contribution in [0.25, 0.3) is 6.08 Å². The van der Waals surface area contributed by atoms with Gasteiger partial charge in [-0.2, -0.15) is 5.10 Å².